The molecule has 1 amide bonds. The van der Waals surface area contributed by atoms with Crippen LogP contribution in [0.15, 0.2) is 66.7 Å². The van der Waals surface area contributed by atoms with E-state index < -0.39 is 0 Å². The van der Waals surface area contributed by atoms with E-state index in [1.807, 2.05) is 18.2 Å². The minimum Gasteiger partial charge on any atom is -0.326 e. The third-order valence-electron chi connectivity index (χ3n) is 4.94. The average molecular weight is 339 g/mol. The van der Waals surface area contributed by atoms with E-state index in [9.17, 15) is 4.79 Å². The van der Waals surface area contributed by atoms with E-state index in [1.54, 1.807) is 6.92 Å². The van der Waals surface area contributed by atoms with Gasteiger partial charge in [-0.15, -0.1) is 0 Å². The number of amides is 1. The molecule has 26 heavy (non-hydrogen) atoms. The molecule has 0 saturated heterocycles. The Morgan fingerprint density at radius 3 is 1.88 bits per heavy atom. The zero-order chi connectivity index (χ0) is 18.3. The molecule has 0 spiro atoms. The SMILES string of the molecule is CC(=O)Nc1cc(-c2cc(C)c3cccc-3c(C)c2)c2cccccc1-2. The molecule has 4 aliphatic carbocycles. The Balaban J connectivity index is 2.00. The molecule has 0 fully saturated rings. The van der Waals surface area contributed by atoms with E-state index in [4.69, 9.17) is 0 Å². The van der Waals surface area contributed by atoms with Crippen LogP contribution in [-0.2, 0) is 4.79 Å². The molecule has 0 aromatic heterocycles. The average Bonchev–Trinajstić information content (AvgIpc) is 3.09. The van der Waals surface area contributed by atoms with E-state index in [2.05, 4.69) is 67.7 Å². The van der Waals surface area contributed by atoms with Gasteiger partial charge in [-0.2, -0.15) is 0 Å². The van der Waals surface area contributed by atoms with Gasteiger partial charge in [-0.25, -0.2) is 0 Å². The van der Waals surface area contributed by atoms with E-state index in [0.29, 0.717) is 0 Å². The summed E-state index contributed by atoms with van der Waals surface area (Å²) in [6.07, 6.45) is 0. The summed E-state index contributed by atoms with van der Waals surface area (Å²) < 4.78 is 0. The van der Waals surface area contributed by atoms with Crippen LogP contribution >= 0.6 is 0 Å². The van der Waals surface area contributed by atoms with E-state index in [0.717, 1.165) is 22.4 Å². The lowest BCUT2D eigenvalue weighted by molar-refractivity contribution is -0.114. The molecule has 0 bridgehead atoms. The Hall–Kier alpha value is -3.13. The van der Waals surface area contributed by atoms with Crippen molar-refractivity contribution in [1.29, 1.82) is 0 Å². The first-order chi connectivity index (χ1) is 12.5. The summed E-state index contributed by atoms with van der Waals surface area (Å²) >= 11 is 0. The molecule has 0 aromatic carbocycles. The maximum absolute atomic E-state index is 11.7. The van der Waals surface area contributed by atoms with Gasteiger partial charge in [0.05, 0.1) is 0 Å². The third kappa shape index (κ3) is 2.74. The van der Waals surface area contributed by atoms with Crippen LogP contribution in [0.2, 0.25) is 0 Å². The Morgan fingerprint density at radius 2 is 1.27 bits per heavy atom. The predicted molar refractivity (Wildman–Crippen MR) is 109 cm³/mol. The van der Waals surface area contributed by atoms with E-state index in [1.165, 1.54) is 27.8 Å². The van der Waals surface area contributed by atoms with Crippen LogP contribution in [0.3, 0.4) is 0 Å². The second-order valence-electron chi connectivity index (χ2n) is 6.85. The van der Waals surface area contributed by atoms with Gasteiger partial charge in [0.25, 0.3) is 0 Å². The van der Waals surface area contributed by atoms with Crippen molar-refractivity contribution in [3.05, 3.63) is 77.9 Å². The van der Waals surface area contributed by atoms with Crippen molar-refractivity contribution >= 4 is 11.6 Å². The third-order valence-corrected chi connectivity index (χ3v) is 4.94. The van der Waals surface area contributed by atoms with Gasteiger partial charge in [0, 0.05) is 18.2 Å². The molecule has 0 aromatic rings. The molecule has 0 saturated carbocycles. The summed E-state index contributed by atoms with van der Waals surface area (Å²) in [5.41, 5.74) is 10.5. The molecule has 4 rings (SSSR count). The Kier molecular flexibility index (Phi) is 3.96. The fourth-order valence-electron chi connectivity index (χ4n) is 3.78. The zero-order valence-electron chi connectivity index (χ0n) is 15.3. The van der Waals surface area contributed by atoms with Crippen molar-refractivity contribution < 1.29 is 4.79 Å². The van der Waals surface area contributed by atoms with E-state index >= 15 is 0 Å². The van der Waals surface area contributed by atoms with Gasteiger partial charge < -0.3 is 5.32 Å². The smallest absolute Gasteiger partial charge is 0.221 e. The molecular formula is C24H21NO. The molecule has 2 nitrogen and oxygen atoms in total. The highest BCUT2D eigenvalue weighted by atomic mass is 16.1. The lowest BCUT2D eigenvalue weighted by Gasteiger charge is -2.02. The monoisotopic (exact) mass is 339 g/mol. The number of carbonyl (C=O) groups is 1. The molecule has 0 heterocycles. The minimum atomic E-state index is -0.0559. The van der Waals surface area contributed by atoms with Gasteiger partial charge in [-0.3, -0.25) is 4.79 Å². The molecule has 128 valence electrons. The van der Waals surface area contributed by atoms with E-state index in [-0.39, 0.29) is 5.91 Å². The summed E-state index contributed by atoms with van der Waals surface area (Å²) in [4.78, 5) is 11.7. The van der Waals surface area contributed by atoms with Crippen molar-refractivity contribution in [1.82, 2.24) is 0 Å². The summed E-state index contributed by atoms with van der Waals surface area (Å²) in [5, 5.41) is 2.98. The Morgan fingerprint density at radius 1 is 0.692 bits per heavy atom. The van der Waals surface area contributed by atoms with Crippen molar-refractivity contribution in [3.8, 4) is 33.4 Å². The maximum atomic E-state index is 11.7. The molecule has 0 radical (unpaired) electrons. The normalized spacial score (nSPS) is 11.0. The topological polar surface area (TPSA) is 29.1 Å². The van der Waals surface area contributed by atoms with Gasteiger partial charge in [0.1, 0.15) is 0 Å². The second-order valence-corrected chi connectivity index (χ2v) is 6.85. The molecule has 2 heteroatoms. The van der Waals surface area contributed by atoms with Crippen LogP contribution in [0, 0.1) is 13.8 Å². The van der Waals surface area contributed by atoms with Gasteiger partial charge in [-0.1, -0.05) is 60.7 Å². The quantitative estimate of drug-likeness (QED) is 0.467. The molecule has 0 aliphatic heterocycles. The predicted octanol–water partition coefficient (Wildman–Crippen LogP) is 6.14. The standard InChI is InChI=1S/C24H21NO/c1-15-12-18(13-16(2)20-11-7-10-19(15)20)23-14-24(25-17(3)26)22-9-6-4-5-8-21(22)23/h4-14H,1-3H3,(H,25,26). The Labute approximate surface area is 154 Å². The first kappa shape index (κ1) is 16.3. The van der Waals surface area contributed by atoms with Crippen LogP contribution in [0.5, 0.6) is 0 Å². The Bertz CT molecular complexity index is 1030. The fourth-order valence-corrected chi connectivity index (χ4v) is 3.78. The number of carbonyl (C=O) groups excluding carboxylic acids is 1. The summed E-state index contributed by atoms with van der Waals surface area (Å²) in [6.45, 7) is 5.86. The van der Waals surface area contributed by atoms with Gasteiger partial charge in [0.2, 0.25) is 5.91 Å². The van der Waals surface area contributed by atoms with Crippen LogP contribution in [0.25, 0.3) is 33.4 Å². The number of anilines is 1. The van der Waals surface area contributed by atoms with Crippen molar-refractivity contribution in [3.63, 3.8) is 0 Å². The summed E-state index contributed by atoms with van der Waals surface area (Å²) in [5.74, 6) is -0.0559. The number of hydrogen-bond acceptors (Lipinski definition) is 1. The second kappa shape index (κ2) is 6.30. The van der Waals surface area contributed by atoms with Gasteiger partial charge >= 0.3 is 0 Å². The fraction of sp³-hybridized carbons (Fsp3) is 0.125. The first-order valence-corrected chi connectivity index (χ1v) is 8.84. The van der Waals surface area contributed by atoms with Crippen LogP contribution in [0.4, 0.5) is 5.69 Å². The lowest BCUT2D eigenvalue weighted by Crippen LogP contribution is -2.05. The van der Waals surface area contributed by atoms with Crippen LogP contribution < -0.4 is 5.32 Å². The highest BCUT2D eigenvalue weighted by Gasteiger charge is 2.18. The van der Waals surface area contributed by atoms with Crippen molar-refractivity contribution in [2.24, 2.45) is 0 Å². The van der Waals surface area contributed by atoms with Crippen molar-refractivity contribution in [2.45, 2.75) is 20.8 Å². The minimum absolute atomic E-state index is 0.0559. The highest BCUT2D eigenvalue weighted by molar-refractivity contribution is 6.01. The highest BCUT2D eigenvalue weighted by Crippen LogP contribution is 2.43. The number of rotatable bonds is 2. The van der Waals surface area contributed by atoms with Crippen molar-refractivity contribution in [2.75, 3.05) is 5.32 Å². The molecule has 4 aliphatic rings. The summed E-state index contributed by atoms with van der Waals surface area (Å²) in [6, 6.07) is 23.3. The summed E-state index contributed by atoms with van der Waals surface area (Å²) in [7, 11) is 0. The lowest BCUT2D eigenvalue weighted by atomic mass is 10.0. The molecular weight excluding hydrogens is 318 g/mol. The van der Waals surface area contributed by atoms with Gasteiger partial charge in [-0.05, 0) is 58.9 Å². The van der Waals surface area contributed by atoms with Gasteiger partial charge in [0.15, 0.2) is 0 Å². The largest absolute Gasteiger partial charge is 0.326 e. The maximum Gasteiger partial charge on any atom is 0.221 e. The molecule has 0 unspecified atom stereocenters. The number of hydrogen-bond donors (Lipinski definition) is 1. The van der Waals surface area contributed by atoms with Crippen LogP contribution in [0.1, 0.15) is 18.1 Å². The number of nitrogens with one attached hydrogen (secondary N) is 1. The first-order valence-electron chi connectivity index (χ1n) is 8.84. The van der Waals surface area contributed by atoms with Crippen LogP contribution in [-0.4, -0.2) is 5.91 Å². The molecule has 1 N–H and O–H groups in total. The molecule has 0 atom stereocenters. The number of fused-ring (bicyclic) bond motifs is 2. The zero-order valence-corrected chi connectivity index (χ0v) is 15.3. The number of aryl methyl sites for hydroxylation is 2.